The third-order valence-corrected chi connectivity index (χ3v) is 5.97. The van der Waals surface area contributed by atoms with Crippen LogP contribution in [0.5, 0.6) is 11.5 Å². The summed E-state index contributed by atoms with van der Waals surface area (Å²) in [5, 5.41) is 7.67. The topological polar surface area (TPSA) is 89.7 Å². The molecule has 0 radical (unpaired) electrons. The molecule has 1 saturated heterocycles. The van der Waals surface area contributed by atoms with E-state index in [4.69, 9.17) is 25.6 Å². The van der Waals surface area contributed by atoms with Crippen LogP contribution in [0.15, 0.2) is 40.9 Å². The van der Waals surface area contributed by atoms with Gasteiger partial charge in [-0.1, -0.05) is 16.8 Å². The molecule has 1 aromatic heterocycles. The highest BCUT2D eigenvalue weighted by atomic mass is 35.5. The second-order valence-corrected chi connectivity index (χ2v) is 8.11. The SMILES string of the molecule is COc1ccc(-c2noc(N3CCC[C@H](C(=O)Nc4cc(C)c(Cl)cc4OC)C3)n2)cc1. The highest BCUT2D eigenvalue weighted by Crippen LogP contribution is 2.32. The first kappa shape index (κ1) is 22.0. The molecule has 168 valence electrons. The molecule has 0 spiro atoms. The molecule has 1 aliphatic heterocycles. The summed E-state index contributed by atoms with van der Waals surface area (Å²) in [6, 6.07) is 11.4. The van der Waals surface area contributed by atoms with E-state index in [2.05, 4.69) is 15.5 Å². The Bertz CT molecular complexity index is 1100. The first-order valence-electron chi connectivity index (χ1n) is 10.4. The molecule has 4 rings (SSSR count). The maximum atomic E-state index is 13.0. The Morgan fingerprint density at radius 3 is 2.72 bits per heavy atom. The maximum absolute atomic E-state index is 13.0. The summed E-state index contributed by atoms with van der Waals surface area (Å²) in [4.78, 5) is 19.5. The van der Waals surface area contributed by atoms with Crippen LogP contribution in [0.1, 0.15) is 18.4 Å². The van der Waals surface area contributed by atoms with Crippen molar-refractivity contribution in [1.29, 1.82) is 0 Å². The number of halogens is 1. The molecule has 1 aliphatic rings. The Balaban J connectivity index is 1.45. The number of carbonyl (C=O) groups is 1. The number of nitrogens with zero attached hydrogens (tertiary/aromatic N) is 3. The molecule has 1 fully saturated rings. The number of aromatic nitrogens is 2. The number of carbonyl (C=O) groups excluding carboxylic acids is 1. The highest BCUT2D eigenvalue weighted by Gasteiger charge is 2.29. The van der Waals surface area contributed by atoms with E-state index in [-0.39, 0.29) is 11.8 Å². The van der Waals surface area contributed by atoms with Crippen molar-refractivity contribution in [3.05, 3.63) is 47.0 Å². The third kappa shape index (κ3) is 4.65. The fraction of sp³-hybridized carbons (Fsp3) is 0.348. The van der Waals surface area contributed by atoms with E-state index >= 15 is 0 Å². The molecule has 8 nitrogen and oxygen atoms in total. The number of methoxy groups -OCH3 is 2. The number of hydrogen-bond donors (Lipinski definition) is 1. The number of anilines is 2. The van der Waals surface area contributed by atoms with E-state index in [0.29, 0.717) is 34.8 Å². The number of hydrogen-bond acceptors (Lipinski definition) is 7. The summed E-state index contributed by atoms with van der Waals surface area (Å²) < 4.78 is 16.0. The summed E-state index contributed by atoms with van der Waals surface area (Å²) in [7, 11) is 3.17. The summed E-state index contributed by atoms with van der Waals surface area (Å²) in [5.74, 6) is 1.48. The molecule has 2 heterocycles. The van der Waals surface area contributed by atoms with E-state index in [1.165, 1.54) is 0 Å². The van der Waals surface area contributed by atoms with Gasteiger partial charge < -0.3 is 24.2 Å². The van der Waals surface area contributed by atoms with Crippen molar-refractivity contribution < 1.29 is 18.8 Å². The predicted molar refractivity (Wildman–Crippen MR) is 123 cm³/mol. The molecule has 0 aliphatic carbocycles. The van der Waals surface area contributed by atoms with E-state index in [9.17, 15) is 4.79 Å². The van der Waals surface area contributed by atoms with Gasteiger partial charge in [0.2, 0.25) is 11.7 Å². The molecule has 32 heavy (non-hydrogen) atoms. The minimum atomic E-state index is -0.222. The van der Waals surface area contributed by atoms with Crippen LogP contribution < -0.4 is 19.7 Å². The van der Waals surface area contributed by atoms with Crippen LogP contribution in [-0.4, -0.2) is 43.4 Å². The number of amides is 1. The van der Waals surface area contributed by atoms with Gasteiger partial charge in [-0.15, -0.1) is 0 Å². The smallest absolute Gasteiger partial charge is 0.324 e. The standard InChI is InChI=1S/C23H25ClN4O4/c1-14-11-19(20(31-3)12-18(14)24)25-22(29)16-5-4-10-28(13-16)23-26-21(27-32-23)15-6-8-17(30-2)9-7-15/h6-9,11-12,16H,4-5,10,13H2,1-3H3,(H,25,29)/t16-/m0/s1. The fourth-order valence-electron chi connectivity index (χ4n) is 3.73. The van der Waals surface area contributed by atoms with Crippen LogP contribution in [0.4, 0.5) is 11.7 Å². The average Bonchev–Trinajstić information content (AvgIpc) is 3.32. The zero-order chi connectivity index (χ0) is 22.7. The van der Waals surface area contributed by atoms with Crippen LogP contribution in [0.2, 0.25) is 5.02 Å². The molecule has 9 heteroatoms. The molecule has 0 bridgehead atoms. The Kier molecular flexibility index (Phi) is 6.50. The van der Waals surface area contributed by atoms with Gasteiger partial charge in [0.1, 0.15) is 11.5 Å². The van der Waals surface area contributed by atoms with Crippen LogP contribution in [0.3, 0.4) is 0 Å². The molecular formula is C23H25ClN4O4. The van der Waals surface area contributed by atoms with Gasteiger partial charge in [0.05, 0.1) is 25.8 Å². The van der Waals surface area contributed by atoms with Gasteiger partial charge in [0.15, 0.2) is 0 Å². The van der Waals surface area contributed by atoms with Gasteiger partial charge in [0.25, 0.3) is 0 Å². The Hall–Kier alpha value is -3.26. The van der Waals surface area contributed by atoms with E-state index in [0.717, 1.165) is 36.3 Å². The monoisotopic (exact) mass is 456 g/mol. The highest BCUT2D eigenvalue weighted by molar-refractivity contribution is 6.31. The van der Waals surface area contributed by atoms with Crippen molar-refractivity contribution in [2.24, 2.45) is 5.92 Å². The summed E-state index contributed by atoms with van der Waals surface area (Å²) >= 11 is 6.17. The fourth-order valence-corrected chi connectivity index (χ4v) is 3.88. The molecule has 1 amide bonds. The van der Waals surface area contributed by atoms with E-state index in [1.54, 1.807) is 20.3 Å². The Labute approximate surface area is 191 Å². The predicted octanol–water partition coefficient (Wildman–Crippen LogP) is 4.57. The second kappa shape index (κ2) is 9.48. The lowest BCUT2D eigenvalue weighted by Crippen LogP contribution is -2.41. The van der Waals surface area contributed by atoms with E-state index < -0.39 is 0 Å². The summed E-state index contributed by atoms with van der Waals surface area (Å²) in [6.45, 7) is 3.12. The summed E-state index contributed by atoms with van der Waals surface area (Å²) in [5.41, 5.74) is 2.30. The minimum Gasteiger partial charge on any atom is -0.497 e. The van der Waals surface area contributed by atoms with Gasteiger partial charge >= 0.3 is 6.01 Å². The van der Waals surface area contributed by atoms with Gasteiger partial charge in [0, 0.05) is 29.7 Å². The second-order valence-electron chi connectivity index (χ2n) is 7.71. The molecule has 0 saturated carbocycles. The number of benzene rings is 2. The number of aryl methyl sites for hydroxylation is 1. The van der Waals surface area contributed by atoms with Gasteiger partial charge in [-0.25, -0.2) is 0 Å². The van der Waals surface area contributed by atoms with Crippen molar-refractivity contribution in [1.82, 2.24) is 10.1 Å². The average molecular weight is 457 g/mol. The quantitative estimate of drug-likeness (QED) is 0.581. The van der Waals surface area contributed by atoms with Crippen LogP contribution in [-0.2, 0) is 4.79 Å². The van der Waals surface area contributed by atoms with Crippen LogP contribution in [0, 0.1) is 12.8 Å². The van der Waals surface area contributed by atoms with Gasteiger partial charge in [-0.05, 0) is 55.7 Å². The van der Waals surface area contributed by atoms with Crippen LogP contribution >= 0.6 is 11.6 Å². The number of nitrogens with one attached hydrogen (secondary N) is 1. The number of rotatable bonds is 6. The molecule has 2 aromatic carbocycles. The normalized spacial score (nSPS) is 16.0. The van der Waals surface area contributed by atoms with Crippen molar-refractivity contribution in [2.75, 3.05) is 37.5 Å². The largest absolute Gasteiger partial charge is 0.497 e. The lowest BCUT2D eigenvalue weighted by molar-refractivity contribution is -0.120. The first-order valence-corrected chi connectivity index (χ1v) is 10.7. The molecular weight excluding hydrogens is 432 g/mol. The number of piperidine rings is 1. The first-order chi connectivity index (χ1) is 15.5. The van der Waals surface area contributed by atoms with Crippen molar-refractivity contribution in [3.8, 4) is 22.9 Å². The molecule has 0 unspecified atom stereocenters. The van der Waals surface area contributed by atoms with Crippen molar-refractivity contribution >= 4 is 29.2 Å². The third-order valence-electron chi connectivity index (χ3n) is 5.56. The zero-order valence-corrected chi connectivity index (χ0v) is 19.0. The molecule has 1 N–H and O–H groups in total. The Morgan fingerprint density at radius 2 is 2.00 bits per heavy atom. The zero-order valence-electron chi connectivity index (χ0n) is 18.2. The van der Waals surface area contributed by atoms with Crippen LogP contribution in [0.25, 0.3) is 11.4 Å². The maximum Gasteiger partial charge on any atom is 0.324 e. The van der Waals surface area contributed by atoms with Crippen molar-refractivity contribution in [2.45, 2.75) is 19.8 Å². The lowest BCUT2D eigenvalue weighted by atomic mass is 9.97. The minimum absolute atomic E-state index is 0.0791. The van der Waals surface area contributed by atoms with Crippen molar-refractivity contribution in [3.63, 3.8) is 0 Å². The van der Waals surface area contributed by atoms with E-state index in [1.807, 2.05) is 42.2 Å². The lowest BCUT2D eigenvalue weighted by Gasteiger charge is -2.30. The molecule has 3 aromatic rings. The summed E-state index contributed by atoms with van der Waals surface area (Å²) in [6.07, 6.45) is 1.62. The van der Waals surface area contributed by atoms with Gasteiger partial charge in [-0.3, -0.25) is 4.79 Å². The molecule has 1 atom stereocenters. The number of ether oxygens (including phenoxy) is 2. The Morgan fingerprint density at radius 1 is 1.22 bits per heavy atom. The van der Waals surface area contributed by atoms with Gasteiger partial charge in [-0.2, -0.15) is 4.98 Å².